The Morgan fingerprint density at radius 1 is 1.47 bits per heavy atom. The summed E-state index contributed by atoms with van der Waals surface area (Å²) in [4.78, 5) is 20.9. The van der Waals surface area contributed by atoms with E-state index in [1.165, 1.54) is 12.1 Å². The molecular formula is C8H7Br2N3O4. The lowest BCUT2D eigenvalue weighted by Crippen LogP contribution is -2.34. The first-order valence-corrected chi connectivity index (χ1v) is 5.80. The number of carbonyl (C=O) groups is 1. The van der Waals surface area contributed by atoms with Crippen molar-refractivity contribution in [2.45, 2.75) is 0 Å². The van der Waals surface area contributed by atoms with Crippen molar-refractivity contribution in [2.75, 3.05) is 6.61 Å². The molecule has 0 bridgehead atoms. The Balaban J connectivity index is 2.94. The molecule has 17 heavy (non-hydrogen) atoms. The molecule has 1 aromatic carbocycles. The van der Waals surface area contributed by atoms with Gasteiger partial charge >= 0.3 is 0 Å². The molecule has 0 saturated heterocycles. The number of amides is 1. The highest BCUT2D eigenvalue weighted by atomic mass is 79.9. The Morgan fingerprint density at radius 2 is 2.00 bits per heavy atom. The zero-order valence-corrected chi connectivity index (χ0v) is 11.4. The molecule has 0 heterocycles. The van der Waals surface area contributed by atoms with E-state index in [-0.39, 0.29) is 12.3 Å². The molecule has 1 aromatic rings. The van der Waals surface area contributed by atoms with Gasteiger partial charge in [0.25, 0.3) is 11.6 Å². The zero-order valence-electron chi connectivity index (χ0n) is 8.28. The number of nitrogens with zero attached hydrogens (tertiary/aromatic N) is 1. The number of nitrogens with two attached hydrogens (primary N) is 1. The third-order valence-electron chi connectivity index (χ3n) is 1.70. The van der Waals surface area contributed by atoms with Crippen molar-refractivity contribution in [1.82, 2.24) is 5.43 Å². The third-order valence-corrected chi connectivity index (χ3v) is 2.88. The van der Waals surface area contributed by atoms with Gasteiger partial charge in [0.15, 0.2) is 6.61 Å². The molecule has 0 aliphatic rings. The molecule has 7 nitrogen and oxygen atoms in total. The maximum atomic E-state index is 10.9. The fourth-order valence-electron chi connectivity index (χ4n) is 0.969. The van der Waals surface area contributed by atoms with Gasteiger partial charge in [0.2, 0.25) is 0 Å². The molecule has 0 unspecified atom stereocenters. The normalized spacial score (nSPS) is 9.82. The van der Waals surface area contributed by atoms with Crippen LogP contribution in [0.5, 0.6) is 5.75 Å². The van der Waals surface area contributed by atoms with Crippen LogP contribution in [0.4, 0.5) is 5.69 Å². The molecule has 0 saturated carbocycles. The lowest BCUT2D eigenvalue weighted by Gasteiger charge is -2.09. The van der Waals surface area contributed by atoms with Crippen molar-refractivity contribution in [3.8, 4) is 5.75 Å². The van der Waals surface area contributed by atoms with Gasteiger partial charge in [-0.05, 0) is 31.9 Å². The van der Waals surface area contributed by atoms with Crippen molar-refractivity contribution >= 4 is 43.5 Å². The van der Waals surface area contributed by atoms with Gasteiger partial charge < -0.3 is 4.74 Å². The minimum Gasteiger partial charge on any atom is -0.481 e. The Kier molecular flexibility index (Phi) is 4.85. The second-order valence-electron chi connectivity index (χ2n) is 2.85. The summed E-state index contributed by atoms with van der Waals surface area (Å²) < 4.78 is 5.88. The molecule has 92 valence electrons. The smallest absolute Gasteiger partial charge is 0.271 e. The van der Waals surface area contributed by atoms with Crippen LogP contribution in [-0.4, -0.2) is 17.4 Å². The maximum absolute atomic E-state index is 10.9. The lowest BCUT2D eigenvalue weighted by atomic mass is 10.3. The number of nitrogens with one attached hydrogen (secondary N) is 1. The van der Waals surface area contributed by atoms with E-state index < -0.39 is 10.8 Å². The van der Waals surface area contributed by atoms with Crippen LogP contribution < -0.4 is 16.0 Å². The molecule has 1 amide bonds. The molecule has 1 rings (SSSR count). The van der Waals surface area contributed by atoms with Crippen molar-refractivity contribution < 1.29 is 14.5 Å². The van der Waals surface area contributed by atoms with Crippen LogP contribution in [0.15, 0.2) is 21.1 Å². The van der Waals surface area contributed by atoms with Crippen LogP contribution in [0.25, 0.3) is 0 Å². The fourth-order valence-corrected chi connectivity index (χ4v) is 2.36. The van der Waals surface area contributed by atoms with Crippen molar-refractivity contribution in [3.05, 3.63) is 31.2 Å². The van der Waals surface area contributed by atoms with E-state index in [9.17, 15) is 14.9 Å². The van der Waals surface area contributed by atoms with E-state index in [1.54, 1.807) is 0 Å². The van der Waals surface area contributed by atoms with Crippen molar-refractivity contribution in [1.29, 1.82) is 0 Å². The van der Waals surface area contributed by atoms with Crippen LogP contribution in [0, 0.1) is 10.1 Å². The molecule has 0 atom stereocenters. The monoisotopic (exact) mass is 367 g/mol. The molecule has 3 N–H and O–H groups in total. The molecule has 0 aliphatic heterocycles. The highest BCUT2D eigenvalue weighted by molar-refractivity contribution is 9.11. The molecule has 9 heteroatoms. The quantitative estimate of drug-likeness (QED) is 0.362. The summed E-state index contributed by atoms with van der Waals surface area (Å²) in [6.07, 6.45) is 0. The van der Waals surface area contributed by atoms with Gasteiger partial charge in [0, 0.05) is 12.1 Å². The van der Waals surface area contributed by atoms with Crippen molar-refractivity contribution in [2.24, 2.45) is 5.84 Å². The van der Waals surface area contributed by atoms with E-state index >= 15 is 0 Å². The number of hydrazine groups is 1. The topological polar surface area (TPSA) is 107 Å². The zero-order chi connectivity index (χ0) is 13.0. The van der Waals surface area contributed by atoms with Crippen LogP contribution >= 0.6 is 31.9 Å². The van der Waals surface area contributed by atoms with Gasteiger partial charge in [-0.2, -0.15) is 0 Å². The highest BCUT2D eigenvalue weighted by Gasteiger charge is 2.15. The lowest BCUT2D eigenvalue weighted by molar-refractivity contribution is -0.385. The SMILES string of the molecule is NNC(=O)COc1c(Br)cc([N+](=O)[O-])cc1Br. The number of nitro groups is 1. The number of nitro benzene ring substituents is 1. The summed E-state index contributed by atoms with van der Waals surface area (Å²) >= 11 is 6.23. The number of halogens is 2. The number of carbonyl (C=O) groups excluding carboxylic acids is 1. The van der Waals surface area contributed by atoms with Gasteiger partial charge in [0.1, 0.15) is 5.75 Å². The molecule has 0 fully saturated rings. The Hall–Kier alpha value is -1.19. The van der Waals surface area contributed by atoms with E-state index in [4.69, 9.17) is 10.6 Å². The summed E-state index contributed by atoms with van der Waals surface area (Å²) in [7, 11) is 0. The number of non-ortho nitro benzene ring substituents is 1. The molecular weight excluding hydrogens is 362 g/mol. The van der Waals surface area contributed by atoms with E-state index in [1.807, 2.05) is 5.43 Å². The molecule has 0 aromatic heterocycles. The highest BCUT2D eigenvalue weighted by Crippen LogP contribution is 2.37. The number of hydrogen-bond donors (Lipinski definition) is 2. The van der Waals surface area contributed by atoms with Crippen LogP contribution in [0.3, 0.4) is 0 Å². The Morgan fingerprint density at radius 3 is 2.41 bits per heavy atom. The average Bonchev–Trinajstić information content (AvgIpc) is 2.27. The summed E-state index contributed by atoms with van der Waals surface area (Å²) in [5.74, 6) is 4.66. The maximum Gasteiger partial charge on any atom is 0.271 e. The largest absolute Gasteiger partial charge is 0.481 e. The average molecular weight is 369 g/mol. The second-order valence-corrected chi connectivity index (χ2v) is 4.56. The first-order chi connectivity index (χ1) is 7.95. The predicted octanol–water partition coefficient (Wildman–Crippen LogP) is 1.49. The third kappa shape index (κ3) is 3.65. The molecule has 0 spiro atoms. The van der Waals surface area contributed by atoms with Crippen molar-refractivity contribution in [3.63, 3.8) is 0 Å². The standard InChI is InChI=1S/C8H7Br2N3O4/c9-5-1-4(13(15)16)2-6(10)8(5)17-3-7(14)12-11/h1-2H,3,11H2,(H,12,14). The van der Waals surface area contributed by atoms with E-state index in [2.05, 4.69) is 31.9 Å². The minimum absolute atomic E-state index is 0.0978. The molecule has 0 radical (unpaired) electrons. The van der Waals surface area contributed by atoms with Crippen LogP contribution in [0.1, 0.15) is 0 Å². The van der Waals surface area contributed by atoms with E-state index in [0.29, 0.717) is 14.7 Å². The van der Waals surface area contributed by atoms with Crippen LogP contribution in [-0.2, 0) is 4.79 Å². The van der Waals surface area contributed by atoms with Gasteiger partial charge in [0.05, 0.1) is 13.9 Å². The number of ether oxygens (including phenoxy) is 1. The number of rotatable bonds is 4. The van der Waals surface area contributed by atoms with E-state index in [0.717, 1.165) is 0 Å². The number of hydrogen-bond acceptors (Lipinski definition) is 5. The van der Waals surface area contributed by atoms with Crippen LogP contribution in [0.2, 0.25) is 0 Å². The van der Waals surface area contributed by atoms with Gasteiger partial charge in [-0.15, -0.1) is 0 Å². The van der Waals surface area contributed by atoms with Gasteiger partial charge in [-0.1, -0.05) is 0 Å². The van der Waals surface area contributed by atoms with Gasteiger partial charge in [-0.25, -0.2) is 5.84 Å². The summed E-state index contributed by atoms with van der Waals surface area (Å²) in [5.41, 5.74) is 1.80. The van der Waals surface area contributed by atoms with Gasteiger partial charge in [-0.3, -0.25) is 20.3 Å². The first-order valence-electron chi connectivity index (χ1n) is 4.21. The summed E-state index contributed by atoms with van der Waals surface area (Å²) in [6.45, 7) is -0.286. The number of benzene rings is 1. The second kappa shape index (κ2) is 5.94. The summed E-state index contributed by atoms with van der Waals surface area (Å²) in [6, 6.07) is 2.56. The summed E-state index contributed by atoms with van der Waals surface area (Å²) in [5, 5.41) is 10.6. The molecule has 0 aliphatic carbocycles. The predicted molar refractivity (Wildman–Crippen MR) is 66.3 cm³/mol. The Bertz CT molecular complexity index is 443. The fraction of sp³-hybridized carbons (Fsp3) is 0.125. The minimum atomic E-state index is -0.536. The Labute approximate surface area is 113 Å². The first kappa shape index (κ1) is 13.9.